The standard InChI is InChI=1S/C7H8N6/c1-13-10-4-5(12-13)7-9-3-2-6(8)11-7/h2-4H,1H3,(H2,8,9,11). The lowest BCUT2D eigenvalue weighted by molar-refractivity contribution is 0.655. The summed E-state index contributed by atoms with van der Waals surface area (Å²) in [7, 11) is 1.73. The predicted molar refractivity (Wildman–Crippen MR) is 46.4 cm³/mol. The Hall–Kier alpha value is -1.98. The van der Waals surface area contributed by atoms with Crippen LogP contribution in [0, 0.1) is 0 Å². The lowest BCUT2D eigenvalue weighted by Gasteiger charge is -1.94. The highest BCUT2D eigenvalue weighted by molar-refractivity contribution is 5.48. The molecule has 0 aromatic carbocycles. The minimum absolute atomic E-state index is 0.427. The van der Waals surface area contributed by atoms with E-state index in [1.165, 1.54) is 4.80 Å². The van der Waals surface area contributed by atoms with Crippen LogP contribution < -0.4 is 5.73 Å². The molecule has 6 nitrogen and oxygen atoms in total. The van der Waals surface area contributed by atoms with Gasteiger partial charge in [-0.2, -0.15) is 15.0 Å². The van der Waals surface area contributed by atoms with Crippen molar-refractivity contribution in [1.82, 2.24) is 25.0 Å². The van der Waals surface area contributed by atoms with E-state index in [9.17, 15) is 0 Å². The van der Waals surface area contributed by atoms with E-state index in [1.807, 2.05) is 0 Å². The fourth-order valence-electron chi connectivity index (χ4n) is 0.944. The summed E-state index contributed by atoms with van der Waals surface area (Å²) in [4.78, 5) is 9.47. The van der Waals surface area contributed by atoms with E-state index in [0.29, 0.717) is 17.3 Å². The van der Waals surface area contributed by atoms with Gasteiger partial charge in [-0.05, 0) is 6.07 Å². The van der Waals surface area contributed by atoms with E-state index in [-0.39, 0.29) is 0 Å². The van der Waals surface area contributed by atoms with Gasteiger partial charge in [0.15, 0.2) is 5.82 Å². The number of nitrogens with zero attached hydrogens (tertiary/aromatic N) is 5. The molecule has 0 saturated carbocycles. The van der Waals surface area contributed by atoms with Gasteiger partial charge in [-0.3, -0.25) is 0 Å². The van der Waals surface area contributed by atoms with E-state index in [1.54, 1.807) is 25.5 Å². The molecule has 13 heavy (non-hydrogen) atoms. The largest absolute Gasteiger partial charge is 0.384 e. The minimum Gasteiger partial charge on any atom is -0.384 e. The highest BCUT2D eigenvalue weighted by atomic mass is 15.4. The molecule has 0 spiro atoms. The van der Waals surface area contributed by atoms with Crippen LogP contribution in [0.4, 0.5) is 5.82 Å². The second-order valence-electron chi connectivity index (χ2n) is 2.52. The molecule has 66 valence electrons. The third-order valence-electron chi connectivity index (χ3n) is 1.51. The number of anilines is 1. The first-order chi connectivity index (χ1) is 6.25. The summed E-state index contributed by atoms with van der Waals surface area (Å²) in [6.07, 6.45) is 3.18. The summed E-state index contributed by atoms with van der Waals surface area (Å²) in [5.41, 5.74) is 6.12. The van der Waals surface area contributed by atoms with Crippen molar-refractivity contribution in [1.29, 1.82) is 0 Å². The van der Waals surface area contributed by atoms with Crippen LogP contribution >= 0.6 is 0 Å². The van der Waals surface area contributed by atoms with Crippen molar-refractivity contribution in [3.63, 3.8) is 0 Å². The van der Waals surface area contributed by atoms with Crippen molar-refractivity contribution >= 4 is 5.82 Å². The number of aryl methyl sites for hydroxylation is 1. The number of rotatable bonds is 1. The first-order valence-electron chi connectivity index (χ1n) is 3.71. The maximum Gasteiger partial charge on any atom is 0.183 e. The van der Waals surface area contributed by atoms with Gasteiger partial charge < -0.3 is 5.73 Å². The van der Waals surface area contributed by atoms with Crippen molar-refractivity contribution in [2.24, 2.45) is 7.05 Å². The van der Waals surface area contributed by atoms with Crippen LogP contribution in [-0.4, -0.2) is 25.0 Å². The van der Waals surface area contributed by atoms with Crippen LogP contribution in [0.15, 0.2) is 18.5 Å². The average molecular weight is 176 g/mol. The Morgan fingerprint density at radius 2 is 2.31 bits per heavy atom. The predicted octanol–water partition coefficient (Wildman–Crippen LogP) is -0.146. The van der Waals surface area contributed by atoms with Crippen LogP contribution in [0.3, 0.4) is 0 Å². The SMILES string of the molecule is Cn1ncc(-c2nccc(N)n2)n1. The highest BCUT2D eigenvalue weighted by Crippen LogP contribution is 2.09. The molecule has 0 bridgehead atoms. The zero-order valence-corrected chi connectivity index (χ0v) is 7.05. The number of hydrogen-bond acceptors (Lipinski definition) is 5. The topological polar surface area (TPSA) is 82.5 Å². The molecule has 0 unspecified atom stereocenters. The molecule has 0 aliphatic carbocycles. The molecule has 0 aliphatic rings. The average Bonchev–Trinajstić information content (AvgIpc) is 2.52. The summed E-state index contributed by atoms with van der Waals surface area (Å²) in [6.45, 7) is 0. The molecule has 0 fully saturated rings. The Kier molecular flexibility index (Phi) is 1.66. The minimum atomic E-state index is 0.427. The van der Waals surface area contributed by atoms with Gasteiger partial charge >= 0.3 is 0 Å². The number of nitrogen functional groups attached to an aromatic ring is 1. The first-order valence-corrected chi connectivity index (χ1v) is 3.71. The summed E-state index contributed by atoms with van der Waals surface area (Å²) >= 11 is 0. The molecule has 0 radical (unpaired) electrons. The van der Waals surface area contributed by atoms with Crippen molar-refractivity contribution in [2.75, 3.05) is 5.73 Å². The van der Waals surface area contributed by atoms with E-state index in [4.69, 9.17) is 5.73 Å². The normalized spacial score (nSPS) is 10.2. The molecular formula is C7H8N6. The fraction of sp³-hybridized carbons (Fsp3) is 0.143. The van der Waals surface area contributed by atoms with Gasteiger partial charge in [-0.25, -0.2) is 9.97 Å². The molecule has 0 atom stereocenters. The van der Waals surface area contributed by atoms with Gasteiger partial charge in [-0.15, -0.1) is 0 Å². The smallest absolute Gasteiger partial charge is 0.183 e. The van der Waals surface area contributed by atoms with Crippen molar-refractivity contribution in [3.05, 3.63) is 18.5 Å². The maximum absolute atomic E-state index is 5.50. The summed E-state index contributed by atoms with van der Waals surface area (Å²) in [6, 6.07) is 1.62. The molecule has 0 aliphatic heterocycles. The van der Waals surface area contributed by atoms with Crippen molar-refractivity contribution < 1.29 is 0 Å². The van der Waals surface area contributed by atoms with E-state index in [0.717, 1.165) is 0 Å². The van der Waals surface area contributed by atoms with Crippen LogP contribution in [0.2, 0.25) is 0 Å². The zero-order chi connectivity index (χ0) is 9.26. The van der Waals surface area contributed by atoms with Gasteiger partial charge in [0.1, 0.15) is 11.5 Å². The lowest BCUT2D eigenvalue weighted by Crippen LogP contribution is -1.96. The van der Waals surface area contributed by atoms with Gasteiger partial charge in [-0.1, -0.05) is 0 Å². The quantitative estimate of drug-likeness (QED) is 0.653. The molecule has 0 saturated heterocycles. The van der Waals surface area contributed by atoms with E-state index >= 15 is 0 Å². The molecule has 2 rings (SSSR count). The van der Waals surface area contributed by atoms with Crippen LogP contribution in [-0.2, 0) is 7.05 Å². The number of hydrogen-bond donors (Lipinski definition) is 1. The number of nitrogens with two attached hydrogens (primary N) is 1. The Bertz CT molecular complexity index is 420. The fourth-order valence-corrected chi connectivity index (χ4v) is 0.944. The third kappa shape index (κ3) is 1.46. The second kappa shape index (κ2) is 2.81. The monoisotopic (exact) mass is 176 g/mol. The van der Waals surface area contributed by atoms with Gasteiger partial charge in [0.05, 0.1) is 6.20 Å². The van der Waals surface area contributed by atoms with Gasteiger partial charge in [0.25, 0.3) is 0 Å². The van der Waals surface area contributed by atoms with Gasteiger partial charge in [0, 0.05) is 13.2 Å². The Morgan fingerprint density at radius 3 is 2.92 bits per heavy atom. The van der Waals surface area contributed by atoms with Crippen molar-refractivity contribution in [3.8, 4) is 11.5 Å². The third-order valence-corrected chi connectivity index (χ3v) is 1.51. The lowest BCUT2D eigenvalue weighted by atomic mass is 10.4. The summed E-state index contributed by atoms with van der Waals surface area (Å²) < 4.78 is 0. The molecule has 0 amide bonds. The molecule has 2 aromatic rings. The zero-order valence-electron chi connectivity index (χ0n) is 7.05. The van der Waals surface area contributed by atoms with Crippen LogP contribution in [0.5, 0.6) is 0 Å². The Balaban J connectivity index is 2.46. The summed E-state index contributed by atoms with van der Waals surface area (Å²) in [5, 5.41) is 7.95. The van der Waals surface area contributed by atoms with E-state index in [2.05, 4.69) is 20.2 Å². The maximum atomic E-state index is 5.50. The van der Waals surface area contributed by atoms with Crippen LogP contribution in [0.25, 0.3) is 11.5 Å². The second-order valence-corrected chi connectivity index (χ2v) is 2.52. The molecule has 2 heterocycles. The molecule has 2 aromatic heterocycles. The summed E-state index contributed by atoms with van der Waals surface area (Å²) in [5.74, 6) is 0.920. The molecule has 6 heteroatoms. The van der Waals surface area contributed by atoms with Crippen LogP contribution in [0.1, 0.15) is 0 Å². The van der Waals surface area contributed by atoms with E-state index < -0.39 is 0 Å². The first kappa shape index (κ1) is 7.66. The Labute approximate surface area is 74.4 Å². The Morgan fingerprint density at radius 1 is 1.46 bits per heavy atom. The molecule has 2 N–H and O–H groups in total. The molecular weight excluding hydrogens is 168 g/mol. The number of aromatic nitrogens is 5. The van der Waals surface area contributed by atoms with Gasteiger partial charge in [0.2, 0.25) is 0 Å². The van der Waals surface area contributed by atoms with Crippen molar-refractivity contribution in [2.45, 2.75) is 0 Å². The highest BCUT2D eigenvalue weighted by Gasteiger charge is 2.04.